The zero-order valence-electron chi connectivity index (χ0n) is 10.5. The van der Waals surface area contributed by atoms with Crippen LogP contribution in [-0.2, 0) is 21.1 Å². The Hall–Kier alpha value is -0.372. The first kappa shape index (κ1) is 21.0. The van der Waals surface area contributed by atoms with Gasteiger partial charge in [-0.15, -0.1) is 0 Å². The summed E-state index contributed by atoms with van der Waals surface area (Å²) in [6.45, 7) is 4.51. The van der Waals surface area contributed by atoms with Crippen molar-refractivity contribution >= 4 is 6.01 Å². The number of hydrogen-bond donors (Lipinski definition) is 1. The molecule has 2 N–H and O–H groups in total. The maximum Gasteiger partial charge on any atom is 2.00 e. The summed E-state index contributed by atoms with van der Waals surface area (Å²) in [4.78, 5) is 0. The van der Waals surface area contributed by atoms with Crippen LogP contribution in [0.2, 0.25) is 0 Å². The minimum atomic E-state index is 0. The zero-order chi connectivity index (χ0) is 10.6. The molecule has 0 spiro atoms. The van der Waals surface area contributed by atoms with E-state index in [0.717, 1.165) is 0 Å². The molecule has 1 aromatic heterocycles. The number of hydrogen-bond acceptors (Lipinski definition) is 4. The number of anilines is 1. The van der Waals surface area contributed by atoms with Crippen LogP contribution in [0.5, 0.6) is 0 Å². The molecule has 0 bridgehead atoms. The van der Waals surface area contributed by atoms with Crippen LogP contribution in [0.25, 0.3) is 0 Å². The molecule has 0 amide bonds. The van der Waals surface area contributed by atoms with E-state index in [2.05, 4.69) is 34.9 Å². The van der Waals surface area contributed by atoms with Crippen molar-refractivity contribution in [1.82, 2.24) is 10.2 Å². The molecule has 1 heterocycles. The molecule has 0 aliphatic carbocycles. The molecule has 0 unspecified atom stereocenters. The van der Waals surface area contributed by atoms with Crippen LogP contribution in [0.1, 0.15) is 52.4 Å². The Labute approximate surface area is 114 Å². The van der Waals surface area contributed by atoms with Gasteiger partial charge in [0.25, 0.3) is 0 Å². The van der Waals surface area contributed by atoms with E-state index in [1.807, 2.05) is 0 Å². The molecule has 16 heavy (non-hydrogen) atoms. The van der Waals surface area contributed by atoms with E-state index < -0.39 is 0 Å². The fourth-order valence-electron chi connectivity index (χ4n) is 1.01. The van der Waals surface area contributed by atoms with E-state index in [1.54, 1.807) is 0 Å². The predicted molar refractivity (Wildman–Crippen MR) is 63.0 cm³/mol. The number of unbranched alkanes of at least 4 members (excludes halogenated alkanes) is 5. The van der Waals surface area contributed by atoms with Gasteiger partial charge < -0.3 is 17.6 Å². The van der Waals surface area contributed by atoms with E-state index in [4.69, 9.17) is 5.73 Å². The molecule has 4 nitrogen and oxygen atoms in total. The van der Waals surface area contributed by atoms with Crippen molar-refractivity contribution in [3.05, 3.63) is 13.8 Å². The van der Waals surface area contributed by atoms with Crippen LogP contribution in [0.15, 0.2) is 4.42 Å². The van der Waals surface area contributed by atoms with Gasteiger partial charge in [-0.1, -0.05) is 52.4 Å². The molecule has 94 valence electrons. The van der Waals surface area contributed by atoms with Gasteiger partial charge in [0.05, 0.1) is 6.39 Å². The second-order valence-corrected chi connectivity index (χ2v) is 3.15. The second-order valence-electron chi connectivity index (χ2n) is 3.15. The molecule has 0 saturated carbocycles. The molecule has 5 heteroatoms. The van der Waals surface area contributed by atoms with Gasteiger partial charge in [0.2, 0.25) is 0 Å². The Kier molecular flexibility index (Phi) is 22.3. The van der Waals surface area contributed by atoms with E-state index in [-0.39, 0.29) is 34.5 Å². The quantitative estimate of drug-likeness (QED) is 0.612. The maximum atomic E-state index is 4.91. The maximum absolute atomic E-state index is 4.91. The van der Waals surface area contributed by atoms with E-state index >= 15 is 0 Å². The van der Waals surface area contributed by atoms with Crippen LogP contribution < -0.4 is 5.73 Å². The van der Waals surface area contributed by atoms with Crippen LogP contribution in [0.4, 0.5) is 6.01 Å². The summed E-state index contributed by atoms with van der Waals surface area (Å²) >= 11 is 0. The van der Waals surface area contributed by atoms with Crippen LogP contribution in [0, 0.1) is 13.8 Å². The molecule has 0 aromatic carbocycles. The summed E-state index contributed by atoms with van der Waals surface area (Å²) in [5.41, 5.74) is 4.91. The van der Waals surface area contributed by atoms with E-state index in [1.165, 1.54) is 38.5 Å². The minimum Gasteiger partial charge on any atom is -0.598 e. The normalized spacial score (nSPS) is 8.12. The topological polar surface area (TPSA) is 64.9 Å². The monoisotopic (exact) mass is 397 g/mol. The largest absolute Gasteiger partial charge is 2.00 e. The zero-order valence-corrected chi connectivity index (χ0v) is 13.5. The first-order valence-corrected chi connectivity index (χ1v) is 5.26. The Balaban J connectivity index is -0.000000192. The number of nitrogen functional groups attached to an aromatic ring is 1. The summed E-state index contributed by atoms with van der Waals surface area (Å²) < 4.78 is 4.26. The number of nitrogens with zero attached hydrogens (tertiary/aromatic N) is 2. The smallest absolute Gasteiger partial charge is 0.598 e. The molecular weight excluding hydrogens is 374 g/mol. The number of nitrogens with two attached hydrogens (primary N) is 1. The van der Waals surface area contributed by atoms with Crippen molar-refractivity contribution in [2.24, 2.45) is 0 Å². The van der Waals surface area contributed by atoms with Gasteiger partial charge in [-0.2, -0.15) is 0 Å². The van der Waals surface area contributed by atoms with Crippen molar-refractivity contribution in [1.29, 1.82) is 0 Å². The van der Waals surface area contributed by atoms with Crippen molar-refractivity contribution in [3.8, 4) is 0 Å². The van der Waals surface area contributed by atoms with Gasteiger partial charge in [0.15, 0.2) is 0 Å². The molecule has 1 rings (SSSR count). The first-order valence-electron chi connectivity index (χ1n) is 5.26. The van der Waals surface area contributed by atoms with Gasteiger partial charge in [-0.05, 0) is 0 Å². The van der Waals surface area contributed by atoms with Crippen LogP contribution in [0.3, 0.4) is 0 Å². The molecule has 0 fully saturated rings. The standard InChI is InChI=1S/C8H18.C2H2N3O.CH3.W/c1-3-5-7-8-6-4-2;3-2-5-4-1-6-2;;/h3-8H2,1-2H3;(H2,3,5);1H3;/q;2*-1;+2. The fourth-order valence-corrected chi connectivity index (χ4v) is 1.01. The molecular formula is C11H23N3OW. The number of rotatable bonds is 5. The third kappa shape index (κ3) is 16.1. The van der Waals surface area contributed by atoms with Gasteiger partial charge in [-0.25, -0.2) is 10.2 Å². The van der Waals surface area contributed by atoms with Crippen LogP contribution in [-0.4, -0.2) is 10.2 Å². The number of aromatic nitrogens is 2. The minimum absolute atomic E-state index is 0. The van der Waals surface area contributed by atoms with Crippen molar-refractivity contribution in [2.45, 2.75) is 52.4 Å². The Morgan fingerprint density at radius 1 is 1.12 bits per heavy atom. The Bertz CT molecular complexity index is 187. The molecule has 0 atom stereocenters. The first-order chi connectivity index (χ1) is 6.81. The molecule has 0 aliphatic rings. The van der Waals surface area contributed by atoms with Gasteiger partial charge in [0.1, 0.15) is 6.01 Å². The van der Waals surface area contributed by atoms with Gasteiger partial charge in [-0.3, -0.25) is 0 Å². The Morgan fingerprint density at radius 3 is 1.81 bits per heavy atom. The molecule has 0 radical (unpaired) electrons. The predicted octanol–water partition coefficient (Wildman–Crippen LogP) is 3.27. The average molecular weight is 397 g/mol. The molecule has 0 saturated heterocycles. The van der Waals surface area contributed by atoms with E-state index in [0.29, 0.717) is 0 Å². The SMILES string of the molecule is CCCCCCCC.Nc1nn[c-]o1.[CH3-].[W+2]. The summed E-state index contributed by atoms with van der Waals surface area (Å²) in [5, 5.41) is 6.38. The third-order valence-electron chi connectivity index (χ3n) is 1.80. The second kappa shape index (κ2) is 17.0. The third-order valence-corrected chi connectivity index (χ3v) is 1.80. The van der Waals surface area contributed by atoms with Gasteiger partial charge in [0, 0.05) is 0 Å². The fraction of sp³-hybridized carbons (Fsp3) is 0.727. The molecule has 0 aliphatic heterocycles. The van der Waals surface area contributed by atoms with Crippen molar-refractivity contribution in [2.75, 3.05) is 5.73 Å². The van der Waals surface area contributed by atoms with Crippen molar-refractivity contribution < 1.29 is 25.5 Å². The van der Waals surface area contributed by atoms with Crippen LogP contribution >= 0.6 is 0 Å². The summed E-state index contributed by atoms with van der Waals surface area (Å²) in [5.74, 6) is 0. The average Bonchev–Trinajstić information content (AvgIpc) is 2.65. The van der Waals surface area contributed by atoms with E-state index in [9.17, 15) is 0 Å². The van der Waals surface area contributed by atoms with Gasteiger partial charge >= 0.3 is 21.1 Å². The summed E-state index contributed by atoms with van der Waals surface area (Å²) in [6.07, 6.45) is 10.6. The summed E-state index contributed by atoms with van der Waals surface area (Å²) in [6, 6.07) is 0.0509. The summed E-state index contributed by atoms with van der Waals surface area (Å²) in [7, 11) is 0. The Morgan fingerprint density at radius 2 is 1.62 bits per heavy atom. The van der Waals surface area contributed by atoms with Crippen molar-refractivity contribution in [3.63, 3.8) is 0 Å². The molecule has 1 aromatic rings.